The summed E-state index contributed by atoms with van der Waals surface area (Å²) in [5, 5.41) is 10.4. The topological polar surface area (TPSA) is 54.1 Å². The van der Waals surface area contributed by atoms with Crippen molar-refractivity contribution in [3.8, 4) is 0 Å². The van der Waals surface area contributed by atoms with Gasteiger partial charge in [-0.15, -0.1) is 5.10 Å². The van der Waals surface area contributed by atoms with Crippen LogP contribution in [-0.4, -0.2) is 11.6 Å². The molecule has 12 heavy (non-hydrogen) atoms. The Labute approximate surface area is 76.9 Å². The van der Waals surface area contributed by atoms with Crippen LogP contribution in [0.15, 0.2) is 37.6 Å². The number of carbonyl (C=O) groups is 1. The molecule has 0 atom stereocenters. The van der Waals surface area contributed by atoms with Crippen LogP contribution in [0.3, 0.4) is 0 Å². The Kier molecular flexibility index (Phi) is 1.73. The van der Waals surface area contributed by atoms with Crippen LogP contribution in [0, 0.1) is 0 Å². The summed E-state index contributed by atoms with van der Waals surface area (Å²) in [7, 11) is 0. The standard InChI is InChI=1S/C7H4BrN3O/c8-4-1-2-6-5(3-4)7(12)10-11-9-6/h1,3H,2H2. The number of nitrogens with zero attached hydrogens (tertiary/aromatic N) is 3. The second-order valence-corrected chi connectivity index (χ2v) is 3.31. The Bertz CT molecular complexity index is 365. The van der Waals surface area contributed by atoms with Crippen molar-refractivity contribution in [2.24, 2.45) is 15.4 Å². The first kappa shape index (κ1) is 7.54. The lowest BCUT2D eigenvalue weighted by molar-refractivity contribution is -0.114. The molecular weight excluding hydrogens is 222 g/mol. The normalized spacial score (nSPS) is 21.1. The van der Waals surface area contributed by atoms with Crippen molar-refractivity contribution >= 4 is 27.5 Å². The molecule has 0 radical (unpaired) electrons. The van der Waals surface area contributed by atoms with Crippen molar-refractivity contribution in [3.05, 3.63) is 22.2 Å². The predicted molar refractivity (Wildman–Crippen MR) is 47.0 cm³/mol. The van der Waals surface area contributed by atoms with Gasteiger partial charge in [0.05, 0.1) is 11.3 Å². The molecule has 1 heterocycles. The number of fused-ring (bicyclic) bond motifs is 1. The second-order valence-electron chi connectivity index (χ2n) is 2.39. The summed E-state index contributed by atoms with van der Waals surface area (Å²) < 4.78 is 0.891. The molecule has 0 N–H and O–H groups in total. The zero-order valence-electron chi connectivity index (χ0n) is 5.99. The van der Waals surface area contributed by atoms with E-state index in [9.17, 15) is 4.79 Å². The smallest absolute Gasteiger partial charge is 0.265 e. The highest BCUT2D eigenvalue weighted by Gasteiger charge is 2.21. The molecule has 4 nitrogen and oxygen atoms in total. The van der Waals surface area contributed by atoms with Gasteiger partial charge < -0.3 is 0 Å². The Morgan fingerprint density at radius 2 is 2.33 bits per heavy atom. The fourth-order valence-electron chi connectivity index (χ4n) is 1.03. The SMILES string of the molecule is O=C1N=NN=C2CC=C(Br)C=C12. The third kappa shape index (κ3) is 1.16. The zero-order valence-corrected chi connectivity index (χ0v) is 7.58. The summed E-state index contributed by atoms with van der Waals surface area (Å²) in [4.78, 5) is 11.1. The van der Waals surface area contributed by atoms with Gasteiger partial charge in [-0.3, -0.25) is 4.79 Å². The van der Waals surface area contributed by atoms with Gasteiger partial charge in [0.1, 0.15) is 0 Å². The number of hydrogen-bond donors (Lipinski definition) is 0. The molecule has 2 rings (SSSR count). The van der Waals surface area contributed by atoms with Crippen LogP contribution in [0.5, 0.6) is 0 Å². The monoisotopic (exact) mass is 225 g/mol. The Hall–Kier alpha value is -1.10. The van der Waals surface area contributed by atoms with Crippen LogP contribution >= 0.6 is 15.9 Å². The van der Waals surface area contributed by atoms with E-state index in [-0.39, 0.29) is 5.91 Å². The first-order valence-corrected chi connectivity index (χ1v) is 4.16. The average Bonchev–Trinajstić information content (AvgIpc) is 2.07. The van der Waals surface area contributed by atoms with Crippen molar-refractivity contribution < 1.29 is 4.79 Å². The predicted octanol–water partition coefficient (Wildman–Crippen LogP) is 1.94. The van der Waals surface area contributed by atoms with E-state index in [0.717, 1.165) is 4.48 Å². The number of halogens is 1. The van der Waals surface area contributed by atoms with Crippen LogP contribution in [-0.2, 0) is 4.79 Å². The highest BCUT2D eigenvalue weighted by atomic mass is 79.9. The maximum Gasteiger partial charge on any atom is 0.299 e. The van der Waals surface area contributed by atoms with Gasteiger partial charge in [0.2, 0.25) is 0 Å². The van der Waals surface area contributed by atoms with Crippen molar-refractivity contribution in [2.45, 2.75) is 6.42 Å². The summed E-state index contributed by atoms with van der Waals surface area (Å²) in [5.41, 5.74) is 1.23. The van der Waals surface area contributed by atoms with Crippen molar-refractivity contribution in [3.63, 3.8) is 0 Å². The van der Waals surface area contributed by atoms with E-state index in [1.807, 2.05) is 6.08 Å². The highest BCUT2D eigenvalue weighted by Crippen LogP contribution is 2.22. The molecule has 0 saturated carbocycles. The first-order chi connectivity index (χ1) is 5.77. The molecule has 0 aromatic carbocycles. The largest absolute Gasteiger partial charge is 0.299 e. The summed E-state index contributed by atoms with van der Waals surface area (Å²) >= 11 is 3.28. The quantitative estimate of drug-likeness (QED) is 0.622. The van der Waals surface area contributed by atoms with E-state index in [0.29, 0.717) is 17.7 Å². The van der Waals surface area contributed by atoms with Gasteiger partial charge in [-0.1, -0.05) is 27.1 Å². The minimum Gasteiger partial charge on any atom is -0.265 e. The molecular formula is C7H4BrN3O. The zero-order chi connectivity index (χ0) is 8.55. The third-order valence-electron chi connectivity index (χ3n) is 1.61. The molecule has 0 fully saturated rings. The molecule has 0 spiro atoms. The Morgan fingerprint density at radius 1 is 1.50 bits per heavy atom. The van der Waals surface area contributed by atoms with E-state index in [2.05, 4.69) is 31.4 Å². The molecule has 5 heteroatoms. The molecule has 1 aliphatic carbocycles. The minimum absolute atomic E-state index is 0.315. The number of carbonyl (C=O) groups excluding carboxylic acids is 1. The summed E-state index contributed by atoms with van der Waals surface area (Å²) in [5.74, 6) is -0.315. The van der Waals surface area contributed by atoms with Crippen molar-refractivity contribution in [1.82, 2.24) is 0 Å². The summed E-state index contributed by atoms with van der Waals surface area (Å²) in [6.07, 6.45) is 4.27. The third-order valence-corrected chi connectivity index (χ3v) is 2.17. The summed E-state index contributed by atoms with van der Waals surface area (Å²) in [6.45, 7) is 0. The highest BCUT2D eigenvalue weighted by molar-refractivity contribution is 9.11. The molecule has 0 saturated heterocycles. The number of amides is 1. The molecule has 0 bridgehead atoms. The minimum atomic E-state index is -0.315. The number of rotatable bonds is 0. The lowest BCUT2D eigenvalue weighted by Gasteiger charge is -2.10. The maximum atomic E-state index is 11.1. The lowest BCUT2D eigenvalue weighted by atomic mass is 10.0. The molecule has 0 unspecified atom stereocenters. The van der Waals surface area contributed by atoms with Crippen LogP contribution in [0.1, 0.15) is 6.42 Å². The summed E-state index contributed by atoms with van der Waals surface area (Å²) in [6, 6.07) is 0. The number of allylic oxidation sites excluding steroid dienone is 3. The molecule has 1 aliphatic heterocycles. The second kappa shape index (κ2) is 2.75. The van der Waals surface area contributed by atoms with Crippen molar-refractivity contribution in [2.75, 3.05) is 0 Å². The van der Waals surface area contributed by atoms with Gasteiger partial charge in [0, 0.05) is 10.9 Å². The maximum absolute atomic E-state index is 11.1. The first-order valence-electron chi connectivity index (χ1n) is 3.37. The van der Waals surface area contributed by atoms with Crippen LogP contribution in [0.2, 0.25) is 0 Å². The van der Waals surface area contributed by atoms with Gasteiger partial charge in [-0.2, -0.15) is 0 Å². The molecule has 0 aromatic heterocycles. The molecule has 2 aliphatic rings. The van der Waals surface area contributed by atoms with Gasteiger partial charge in [0.25, 0.3) is 5.91 Å². The van der Waals surface area contributed by atoms with E-state index in [1.54, 1.807) is 6.08 Å². The van der Waals surface area contributed by atoms with E-state index < -0.39 is 0 Å². The van der Waals surface area contributed by atoms with Gasteiger partial charge in [-0.05, 0) is 11.3 Å². The fraction of sp³-hybridized carbons (Fsp3) is 0.143. The molecule has 1 amide bonds. The van der Waals surface area contributed by atoms with Crippen LogP contribution in [0.25, 0.3) is 0 Å². The van der Waals surface area contributed by atoms with E-state index in [4.69, 9.17) is 0 Å². The van der Waals surface area contributed by atoms with Crippen LogP contribution in [0.4, 0.5) is 0 Å². The Balaban J connectivity index is 2.47. The fourth-order valence-corrected chi connectivity index (χ4v) is 1.43. The van der Waals surface area contributed by atoms with Crippen molar-refractivity contribution in [1.29, 1.82) is 0 Å². The van der Waals surface area contributed by atoms with E-state index >= 15 is 0 Å². The molecule has 60 valence electrons. The van der Waals surface area contributed by atoms with Gasteiger partial charge in [-0.25, -0.2) is 0 Å². The Morgan fingerprint density at radius 3 is 3.17 bits per heavy atom. The number of hydrogen-bond acceptors (Lipinski definition) is 3. The average molecular weight is 226 g/mol. The lowest BCUT2D eigenvalue weighted by Crippen LogP contribution is -2.15. The molecule has 0 aromatic rings. The van der Waals surface area contributed by atoms with E-state index in [1.165, 1.54) is 0 Å². The van der Waals surface area contributed by atoms with Crippen LogP contribution < -0.4 is 0 Å². The van der Waals surface area contributed by atoms with Gasteiger partial charge in [0.15, 0.2) is 0 Å². The van der Waals surface area contributed by atoms with Gasteiger partial charge >= 0.3 is 0 Å².